The normalized spacial score (nSPS) is 11.4. The summed E-state index contributed by atoms with van der Waals surface area (Å²) < 4.78 is 0. The molecule has 5 nitrogen and oxygen atoms in total. The van der Waals surface area contributed by atoms with Crippen LogP contribution in [0.4, 0.5) is 5.82 Å². The standard InChI is InChI=1S/C12H16N4O/c1-3-7-14-12(17)9(2)15-11-6-4-5-10(8-13)16-11/h4-6,9H,3,7H2,1-2H3,(H,14,17)(H,15,16). The van der Waals surface area contributed by atoms with Crippen molar-refractivity contribution < 1.29 is 4.79 Å². The summed E-state index contributed by atoms with van der Waals surface area (Å²) in [6.07, 6.45) is 0.903. The Balaban J connectivity index is 2.58. The topological polar surface area (TPSA) is 77.8 Å². The molecule has 17 heavy (non-hydrogen) atoms. The second-order valence-electron chi connectivity index (χ2n) is 3.68. The number of nitrogens with zero attached hydrogens (tertiary/aromatic N) is 2. The SMILES string of the molecule is CCCNC(=O)C(C)Nc1cccc(C#N)n1. The molecule has 2 N–H and O–H groups in total. The smallest absolute Gasteiger partial charge is 0.242 e. The van der Waals surface area contributed by atoms with Crippen LogP contribution in [0.3, 0.4) is 0 Å². The number of carbonyl (C=O) groups excluding carboxylic acids is 1. The van der Waals surface area contributed by atoms with Gasteiger partial charge in [-0.1, -0.05) is 13.0 Å². The number of nitriles is 1. The maximum Gasteiger partial charge on any atom is 0.242 e. The summed E-state index contributed by atoms with van der Waals surface area (Å²) in [4.78, 5) is 15.6. The van der Waals surface area contributed by atoms with Gasteiger partial charge in [0.05, 0.1) is 0 Å². The molecule has 1 amide bonds. The van der Waals surface area contributed by atoms with Crippen molar-refractivity contribution in [3.63, 3.8) is 0 Å². The molecule has 1 aromatic rings. The summed E-state index contributed by atoms with van der Waals surface area (Å²) in [6.45, 7) is 4.42. The van der Waals surface area contributed by atoms with Crippen molar-refractivity contribution in [1.82, 2.24) is 10.3 Å². The summed E-state index contributed by atoms with van der Waals surface area (Å²) in [5.74, 6) is 0.458. The molecule has 0 saturated carbocycles. The molecule has 1 aromatic heterocycles. The van der Waals surface area contributed by atoms with Gasteiger partial charge < -0.3 is 10.6 Å². The lowest BCUT2D eigenvalue weighted by molar-refractivity contribution is -0.121. The van der Waals surface area contributed by atoms with E-state index >= 15 is 0 Å². The first kappa shape index (κ1) is 13.0. The highest BCUT2D eigenvalue weighted by Crippen LogP contribution is 2.05. The van der Waals surface area contributed by atoms with Crippen LogP contribution >= 0.6 is 0 Å². The summed E-state index contributed by atoms with van der Waals surface area (Å²) in [5, 5.41) is 14.4. The number of amides is 1. The third kappa shape index (κ3) is 4.11. The zero-order valence-electron chi connectivity index (χ0n) is 10.0. The van der Waals surface area contributed by atoms with Crippen LogP contribution in [0.25, 0.3) is 0 Å². The van der Waals surface area contributed by atoms with Crippen LogP contribution in [0.15, 0.2) is 18.2 Å². The Kier molecular flexibility index (Phi) is 4.95. The zero-order chi connectivity index (χ0) is 12.7. The van der Waals surface area contributed by atoms with E-state index in [1.54, 1.807) is 25.1 Å². The predicted octanol–water partition coefficient (Wildman–Crippen LogP) is 1.28. The largest absolute Gasteiger partial charge is 0.359 e. The first-order chi connectivity index (χ1) is 8.17. The second-order valence-corrected chi connectivity index (χ2v) is 3.68. The van der Waals surface area contributed by atoms with E-state index in [2.05, 4.69) is 15.6 Å². The average Bonchev–Trinajstić information content (AvgIpc) is 2.36. The first-order valence-electron chi connectivity index (χ1n) is 5.58. The Bertz CT molecular complexity index is 425. The minimum Gasteiger partial charge on any atom is -0.359 e. The van der Waals surface area contributed by atoms with Crippen molar-refractivity contribution in [2.24, 2.45) is 0 Å². The zero-order valence-corrected chi connectivity index (χ0v) is 10.0. The van der Waals surface area contributed by atoms with Crippen molar-refractivity contribution in [1.29, 1.82) is 5.26 Å². The van der Waals surface area contributed by atoms with Crippen molar-refractivity contribution >= 4 is 11.7 Å². The number of hydrogen-bond donors (Lipinski definition) is 2. The molecule has 0 aliphatic heterocycles. The molecular formula is C12H16N4O. The van der Waals surface area contributed by atoms with E-state index in [0.29, 0.717) is 18.1 Å². The van der Waals surface area contributed by atoms with Crippen molar-refractivity contribution in [3.05, 3.63) is 23.9 Å². The third-order valence-electron chi connectivity index (χ3n) is 2.17. The molecule has 0 fully saturated rings. The van der Waals surface area contributed by atoms with E-state index in [9.17, 15) is 4.79 Å². The summed E-state index contributed by atoms with van der Waals surface area (Å²) in [5.41, 5.74) is 0.330. The molecule has 0 aromatic carbocycles. The fourth-order valence-electron chi connectivity index (χ4n) is 1.27. The molecule has 5 heteroatoms. The second kappa shape index (κ2) is 6.48. The van der Waals surface area contributed by atoms with Gasteiger partial charge in [-0.05, 0) is 25.5 Å². The molecular weight excluding hydrogens is 216 g/mol. The number of aromatic nitrogens is 1. The lowest BCUT2D eigenvalue weighted by Gasteiger charge is -2.14. The van der Waals surface area contributed by atoms with Gasteiger partial charge in [-0.2, -0.15) is 5.26 Å². The fraction of sp³-hybridized carbons (Fsp3) is 0.417. The van der Waals surface area contributed by atoms with Gasteiger partial charge >= 0.3 is 0 Å². The first-order valence-corrected chi connectivity index (χ1v) is 5.58. The Morgan fingerprint density at radius 1 is 1.59 bits per heavy atom. The highest BCUT2D eigenvalue weighted by molar-refractivity contribution is 5.83. The molecule has 0 saturated heterocycles. The molecule has 0 aliphatic rings. The monoisotopic (exact) mass is 232 g/mol. The number of hydrogen-bond acceptors (Lipinski definition) is 4. The highest BCUT2D eigenvalue weighted by Gasteiger charge is 2.12. The highest BCUT2D eigenvalue weighted by atomic mass is 16.2. The van der Waals surface area contributed by atoms with Crippen molar-refractivity contribution in [3.8, 4) is 6.07 Å². The molecule has 1 unspecified atom stereocenters. The van der Waals surface area contributed by atoms with Gasteiger partial charge in [0.1, 0.15) is 23.6 Å². The molecule has 0 spiro atoms. The maximum atomic E-state index is 11.6. The average molecular weight is 232 g/mol. The molecule has 90 valence electrons. The van der Waals surface area contributed by atoms with Gasteiger partial charge in [0, 0.05) is 6.54 Å². The summed E-state index contributed by atoms with van der Waals surface area (Å²) in [7, 11) is 0. The van der Waals surface area contributed by atoms with E-state index in [4.69, 9.17) is 5.26 Å². The number of rotatable bonds is 5. The van der Waals surface area contributed by atoms with E-state index in [-0.39, 0.29) is 11.9 Å². The van der Waals surface area contributed by atoms with E-state index in [1.165, 1.54) is 0 Å². The molecule has 1 atom stereocenters. The number of pyridine rings is 1. The Hall–Kier alpha value is -2.09. The molecule has 0 radical (unpaired) electrons. The number of nitrogens with one attached hydrogen (secondary N) is 2. The van der Waals surface area contributed by atoms with Gasteiger partial charge in [0.25, 0.3) is 0 Å². The lowest BCUT2D eigenvalue weighted by Crippen LogP contribution is -2.38. The summed E-state index contributed by atoms with van der Waals surface area (Å²) in [6, 6.07) is 6.65. The van der Waals surface area contributed by atoms with E-state index in [0.717, 1.165) is 6.42 Å². The van der Waals surface area contributed by atoms with Crippen LogP contribution in [0, 0.1) is 11.3 Å². The van der Waals surface area contributed by atoms with Crippen LogP contribution in [0.2, 0.25) is 0 Å². The maximum absolute atomic E-state index is 11.6. The number of carbonyl (C=O) groups is 1. The van der Waals surface area contributed by atoms with Gasteiger partial charge in [-0.25, -0.2) is 4.98 Å². The van der Waals surface area contributed by atoms with Gasteiger partial charge in [-0.15, -0.1) is 0 Å². The molecule has 1 rings (SSSR count). The predicted molar refractivity (Wildman–Crippen MR) is 65.3 cm³/mol. The Morgan fingerprint density at radius 3 is 3.00 bits per heavy atom. The fourth-order valence-corrected chi connectivity index (χ4v) is 1.27. The van der Waals surface area contributed by atoms with Crippen LogP contribution < -0.4 is 10.6 Å². The van der Waals surface area contributed by atoms with E-state index in [1.807, 2.05) is 13.0 Å². The quantitative estimate of drug-likeness (QED) is 0.801. The minimum atomic E-state index is -0.372. The van der Waals surface area contributed by atoms with Gasteiger partial charge in [0.15, 0.2) is 0 Å². The Morgan fingerprint density at radius 2 is 2.35 bits per heavy atom. The van der Waals surface area contributed by atoms with Crippen LogP contribution in [0.1, 0.15) is 26.0 Å². The van der Waals surface area contributed by atoms with Crippen LogP contribution in [-0.4, -0.2) is 23.5 Å². The molecule has 0 bridgehead atoms. The van der Waals surface area contributed by atoms with Crippen LogP contribution in [0.5, 0.6) is 0 Å². The van der Waals surface area contributed by atoms with E-state index < -0.39 is 0 Å². The minimum absolute atomic E-state index is 0.0731. The number of anilines is 1. The Labute approximate surface area is 101 Å². The van der Waals surface area contributed by atoms with Gasteiger partial charge in [-0.3, -0.25) is 4.79 Å². The molecule has 1 heterocycles. The van der Waals surface area contributed by atoms with Crippen LogP contribution in [-0.2, 0) is 4.79 Å². The third-order valence-corrected chi connectivity index (χ3v) is 2.17. The van der Waals surface area contributed by atoms with Crippen molar-refractivity contribution in [2.45, 2.75) is 26.3 Å². The molecule has 0 aliphatic carbocycles. The lowest BCUT2D eigenvalue weighted by atomic mass is 10.3. The van der Waals surface area contributed by atoms with Gasteiger partial charge in [0.2, 0.25) is 5.91 Å². The van der Waals surface area contributed by atoms with Crippen molar-refractivity contribution in [2.75, 3.05) is 11.9 Å². The summed E-state index contributed by atoms with van der Waals surface area (Å²) >= 11 is 0.